The fourth-order valence-corrected chi connectivity index (χ4v) is 6.39. The van der Waals surface area contributed by atoms with E-state index < -0.39 is 0 Å². The third-order valence-electron chi connectivity index (χ3n) is 8.03. The molecule has 0 bridgehead atoms. The molecule has 218 valence electrons. The van der Waals surface area contributed by atoms with E-state index in [-0.39, 0.29) is 0 Å². The zero-order chi connectivity index (χ0) is 26.5. The quantitative estimate of drug-likeness (QED) is 0.0654. The number of rotatable bonds is 30. The lowest BCUT2D eigenvalue weighted by Crippen LogP contribution is -2.02. The summed E-state index contributed by atoms with van der Waals surface area (Å²) in [5.41, 5.74) is 0. The number of unbranched alkanes of at least 4 members (excludes halogenated alkanes) is 23. The van der Waals surface area contributed by atoms with E-state index in [2.05, 4.69) is 41.8 Å². The molecule has 0 fully saturated rings. The van der Waals surface area contributed by atoms with E-state index in [0.29, 0.717) is 5.92 Å². The van der Waals surface area contributed by atoms with Crippen molar-refractivity contribution in [1.29, 1.82) is 0 Å². The number of H-pyrrole nitrogens is 1. The molecule has 0 saturated carbocycles. The molecule has 1 atom stereocenters. The van der Waals surface area contributed by atoms with Gasteiger partial charge in [-0.3, -0.25) is 0 Å². The van der Waals surface area contributed by atoms with Gasteiger partial charge in [0, 0.05) is 29.0 Å². The Morgan fingerprint density at radius 1 is 0.459 bits per heavy atom. The molecule has 0 aliphatic rings. The van der Waals surface area contributed by atoms with Crippen LogP contribution in [0.3, 0.4) is 0 Å². The highest BCUT2D eigenvalue weighted by Gasteiger charge is 2.13. The summed E-state index contributed by atoms with van der Waals surface area (Å²) in [6.45, 7) is 0. The molecule has 1 aromatic rings. The molecule has 0 aliphatic carbocycles. The lowest BCUT2D eigenvalue weighted by molar-refractivity contribution is 0.470. The van der Waals surface area contributed by atoms with Crippen LogP contribution in [0.25, 0.3) is 0 Å². The van der Waals surface area contributed by atoms with Gasteiger partial charge >= 0.3 is 0 Å². The van der Waals surface area contributed by atoms with Gasteiger partial charge in [-0.2, -0.15) is 0 Å². The standard InChI is InChI=1S/C33H62Br2N2/c34-28-24-20-16-12-9-7-5-3-1-2-4-6-8-10-14-18-22-26-32(33-36-30-31-37-33)27-23-19-15-11-13-17-21-25-29-35/h30-32H,1-29H2,(H,36,37). The molecule has 1 aromatic heterocycles. The Bertz CT molecular complexity index is 534. The van der Waals surface area contributed by atoms with Gasteiger partial charge in [-0.25, -0.2) is 4.98 Å². The highest BCUT2D eigenvalue weighted by molar-refractivity contribution is 9.09. The Morgan fingerprint density at radius 3 is 1.03 bits per heavy atom. The molecule has 0 radical (unpaired) electrons. The maximum absolute atomic E-state index is 4.61. The van der Waals surface area contributed by atoms with Crippen LogP contribution in [-0.4, -0.2) is 20.6 Å². The lowest BCUT2D eigenvalue weighted by Gasteiger charge is -2.14. The SMILES string of the molecule is BrCCCCCCCCCCCCCCCCCCCC(CCCCCCCCCCBr)c1ncc[nH]1. The predicted molar refractivity (Wildman–Crippen MR) is 174 cm³/mol. The van der Waals surface area contributed by atoms with Crippen molar-refractivity contribution in [2.75, 3.05) is 10.7 Å². The van der Waals surface area contributed by atoms with Gasteiger partial charge in [-0.1, -0.05) is 180 Å². The van der Waals surface area contributed by atoms with Crippen LogP contribution < -0.4 is 0 Å². The van der Waals surface area contributed by atoms with Gasteiger partial charge in [-0.05, 0) is 25.7 Å². The molecule has 37 heavy (non-hydrogen) atoms. The maximum atomic E-state index is 4.61. The summed E-state index contributed by atoms with van der Waals surface area (Å²) in [6, 6.07) is 0. The molecule has 0 spiro atoms. The third kappa shape index (κ3) is 23.7. The Kier molecular flexibility index (Phi) is 27.7. The van der Waals surface area contributed by atoms with Crippen molar-refractivity contribution in [3.05, 3.63) is 18.2 Å². The largest absolute Gasteiger partial charge is 0.348 e. The molecule has 0 saturated heterocycles. The number of imidazole rings is 1. The van der Waals surface area contributed by atoms with E-state index in [4.69, 9.17) is 0 Å². The minimum atomic E-state index is 0.646. The second-order valence-electron chi connectivity index (χ2n) is 11.5. The van der Waals surface area contributed by atoms with Gasteiger partial charge in [0.15, 0.2) is 0 Å². The molecular formula is C33H62Br2N2. The molecule has 4 heteroatoms. The molecule has 1 unspecified atom stereocenters. The van der Waals surface area contributed by atoms with Crippen LogP contribution in [0.5, 0.6) is 0 Å². The fraction of sp³-hybridized carbons (Fsp3) is 0.909. The lowest BCUT2D eigenvalue weighted by atomic mass is 9.93. The number of aromatic amines is 1. The first-order chi connectivity index (χ1) is 18.4. The van der Waals surface area contributed by atoms with Gasteiger partial charge in [0.1, 0.15) is 5.82 Å². The van der Waals surface area contributed by atoms with Gasteiger partial charge < -0.3 is 4.98 Å². The number of hydrogen-bond donors (Lipinski definition) is 1. The topological polar surface area (TPSA) is 28.7 Å². The number of nitrogens with zero attached hydrogens (tertiary/aromatic N) is 1. The second-order valence-corrected chi connectivity index (χ2v) is 13.1. The highest BCUT2D eigenvalue weighted by Crippen LogP contribution is 2.26. The van der Waals surface area contributed by atoms with E-state index in [1.54, 1.807) is 0 Å². The first-order valence-electron chi connectivity index (χ1n) is 16.5. The van der Waals surface area contributed by atoms with Crippen molar-refractivity contribution in [3.8, 4) is 0 Å². The van der Waals surface area contributed by atoms with E-state index in [1.165, 1.54) is 190 Å². The normalized spacial score (nSPS) is 12.4. The van der Waals surface area contributed by atoms with Crippen LogP contribution in [0.15, 0.2) is 12.4 Å². The van der Waals surface area contributed by atoms with Gasteiger partial charge in [-0.15, -0.1) is 0 Å². The summed E-state index contributed by atoms with van der Waals surface area (Å²) in [6.07, 6.45) is 42.2. The van der Waals surface area contributed by atoms with Gasteiger partial charge in [0.2, 0.25) is 0 Å². The highest BCUT2D eigenvalue weighted by atomic mass is 79.9. The zero-order valence-corrected chi connectivity index (χ0v) is 27.6. The van der Waals surface area contributed by atoms with E-state index in [1.807, 2.05) is 12.4 Å². The molecule has 0 aliphatic heterocycles. The van der Waals surface area contributed by atoms with Crippen LogP contribution in [0.4, 0.5) is 0 Å². The number of aromatic nitrogens is 2. The van der Waals surface area contributed by atoms with E-state index in [9.17, 15) is 0 Å². The summed E-state index contributed by atoms with van der Waals surface area (Å²) >= 11 is 7.05. The zero-order valence-electron chi connectivity index (χ0n) is 24.4. The fourth-order valence-electron chi connectivity index (χ4n) is 5.60. The van der Waals surface area contributed by atoms with Crippen molar-refractivity contribution in [3.63, 3.8) is 0 Å². The average molecular weight is 647 g/mol. The monoisotopic (exact) mass is 644 g/mol. The molecular weight excluding hydrogens is 584 g/mol. The summed E-state index contributed by atoms with van der Waals surface area (Å²) < 4.78 is 0. The maximum Gasteiger partial charge on any atom is 0.109 e. The number of alkyl halides is 2. The number of hydrogen-bond acceptors (Lipinski definition) is 1. The summed E-state index contributed by atoms with van der Waals surface area (Å²) in [5.74, 6) is 1.88. The first kappa shape index (κ1) is 35.2. The number of halogens is 2. The Balaban J connectivity index is 1.90. The molecule has 1 N–H and O–H groups in total. The summed E-state index contributed by atoms with van der Waals surface area (Å²) in [4.78, 5) is 8.02. The van der Waals surface area contributed by atoms with Crippen molar-refractivity contribution in [2.45, 2.75) is 179 Å². The van der Waals surface area contributed by atoms with Crippen LogP contribution in [-0.2, 0) is 0 Å². The minimum absolute atomic E-state index is 0.646. The summed E-state index contributed by atoms with van der Waals surface area (Å²) in [5, 5.41) is 2.35. The number of nitrogens with one attached hydrogen (secondary N) is 1. The van der Waals surface area contributed by atoms with Crippen LogP contribution >= 0.6 is 31.9 Å². The smallest absolute Gasteiger partial charge is 0.109 e. The Morgan fingerprint density at radius 2 is 0.757 bits per heavy atom. The molecule has 2 nitrogen and oxygen atoms in total. The predicted octanol–water partition coefficient (Wildman–Crippen LogP) is 12.8. The van der Waals surface area contributed by atoms with Crippen molar-refractivity contribution in [1.82, 2.24) is 9.97 Å². The minimum Gasteiger partial charge on any atom is -0.348 e. The molecule has 1 heterocycles. The molecule has 1 rings (SSSR count). The third-order valence-corrected chi connectivity index (χ3v) is 9.15. The van der Waals surface area contributed by atoms with Crippen molar-refractivity contribution < 1.29 is 0 Å². The summed E-state index contributed by atoms with van der Waals surface area (Å²) in [7, 11) is 0. The van der Waals surface area contributed by atoms with Gasteiger partial charge in [0.05, 0.1) is 0 Å². The van der Waals surface area contributed by atoms with E-state index in [0.717, 1.165) is 0 Å². The Labute approximate surface area is 249 Å². The van der Waals surface area contributed by atoms with Crippen molar-refractivity contribution >= 4 is 31.9 Å². The second kappa shape index (κ2) is 29.2. The van der Waals surface area contributed by atoms with E-state index >= 15 is 0 Å². The first-order valence-corrected chi connectivity index (χ1v) is 18.7. The van der Waals surface area contributed by atoms with Crippen molar-refractivity contribution in [2.24, 2.45) is 0 Å². The van der Waals surface area contributed by atoms with Crippen LogP contribution in [0.2, 0.25) is 0 Å². The molecule has 0 amide bonds. The van der Waals surface area contributed by atoms with Crippen LogP contribution in [0.1, 0.15) is 185 Å². The van der Waals surface area contributed by atoms with Crippen LogP contribution in [0, 0.1) is 0 Å². The molecule has 0 aromatic carbocycles. The Hall–Kier alpha value is 0.170. The average Bonchev–Trinajstić information content (AvgIpc) is 3.45. The van der Waals surface area contributed by atoms with Gasteiger partial charge in [0.25, 0.3) is 0 Å².